The van der Waals surface area contributed by atoms with Gasteiger partial charge >= 0.3 is 0 Å². The van der Waals surface area contributed by atoms with Gasteiger partial charge in [-0.25, -0.2) is 4.98 Å². The monoisotopic (exact) mass is 321 g/mol. The molecule has 1 unspecified atom stereocenters. The molecule has 0 spiro atoms. The zero-order valence-electron chi connectivity index (χ0n) is 9.93. The number of benzene rings is 1. The van der Waals surface area contributed by atoms with Crippen molar-refractivity contribution in [2.45, 2.75) is 5.72 Å². The Morgan fingerprint density at radius 2 is 2.21 bits per heavy atom. The lowest BCUT2D eigenvalue weighted by atomic mass is 10.0. The Bertz CT molecular complexity index is 635. The van der Waals surface area contributed by atoms with Gasteiger partial charge in [-0.1, -0.05) is 6.07 Å². The zero-order valence-corrected chi connectivity index (χ0v) is 11.5. The summed E-state index contributed by atoms with van der Waals surface area (Å²) >= 11 is 3.33. The second-order valence-electron chi connectivity index (χ2n) is 4.34. The minimum Gasteiger partial charge on any atom is -0.486 e. The molecule has 1 aromatic heterocycles. The maximum atomic E-state index is 10.7. The Morgan fingerprint density at radius 1 is 1.37 bits per heavy atom. The van der Waals surface area contributed by atoms with Crippen molar-refractivity contribution in [1.82, 2.24) is 4.98 Å². The highest BCUT2D eigenvalue weighted by atomic mass is 79.9. The molecular formula is C13H12BrN3O2. The van der Waals surface area contributed by atoms with E-state index in [1.807, 2.05) is 0 Å². The van der Waals surface area contributed by atoms with Crippen molar-refractivity contribution < 1.29 is 9.84 Å². The molecule has 2 aromatic rings. The van der Waals surface area contributed by atoms with Gasteiger partial charge < -0.3 is 20.9 Å². The third-order valence-corrected chi connectivity index (χ3v) is 3.66. The molecule has 0 saturated heterocycles. The predicted molar refractivity (Wildman–Crippen MR) is 75.8 cm³/mol. The number of fused-ring (bicyclic) bond motifs is 1. The van der Waals surface area contributed by atoms with Gasteiger partial charge in [0.15, 0.2) is 5.72 Å². The highest BCUT2D eigenvalue weighted by Crippen LogP contribution is 2.40. The minimum absolute atomic E-state index is 0.0771. The van der Waals surface area contributed by atoms with Crippen LogP contribution in [0.1, 0.15) is 5.56 Å². The van der Waals surface area contributed by atoms with Crippen LogP contribution in [0.3, 0.4) is 0 Å². The molecule has 1 aliphatic heterocycles. The van der Waals surface area contributed by atoms with E-state index in [9.17, 15) is 5.11 Å². The second-order valence-corrected chi connectivity index (χ2v) is 5.09. The summed E-state index contributed by atoms with van der Waals surface area (Å²) in [5.41, 5.74) is 6.25. The van der Waals surface area contributed by atoms with Crippen molar-refractivity contribution in [3.05, 3.63) is 46.7 Å². The van der Waals surface area contributed by atoms with Gasteiger partial charge in [0.05, 0.1) is 5.69 Å². The van der Waals surface area contributed by atoms with Crippen molar-refractivity contribution in [3.8, 4) is 5.75 Å². The number of pyridine rings is 1. The summed E-state index contributed by atoms with van der Waals surface area (Å²) in [7, 11) is 0. The van der Waals surface area contributed by atoms with Crippen LogP contribution in [0.15, 0.2) is 41.1 Å². The maximum Gasteiger partial charge on any atom is 0.199 e. The molecule has 0 radical (unpaired) electrons. The molecule has 19 heavy (non-hydrogen) atoms. The number of hydrogen-bond acceptors (Lipinski definition) is 5. The van der Waals surface area contributed by atoms with E-state index in [1.165, 1.54) is 0 Å². The van der Waals surface area contributed by atoms with Gasteiger partial charge in [-0.2, -0.15) is 0 Å². The van der Waals surface area contributed by atoms with Crippen LogP contribution >= 0.6 is 15.9 Å². The molecule has 1 aromatic carbocycles. The largest absolute Gasteiger partial charge is 0.486 e. The van der Waals surface area contributed by atoms with Gasteiger partial charge in [0.1, 0.15) is 22.6 Å². The van der Waals surface area contributed by atoms with Gasteiger partial charge in [0.25, 0.3) is 0 Å². The molecule has 1 atom stereocenters. The fourth-order valence-electron chi connectivity index (χ4n) is 2.07. The first kappa shape index (κ1) is 12.3. The van der Waals surface area contributed by atoms with Crippen molar-refractivity contribution in [1.29, 1.82) is 0 Å². The van der Waals surface area contributed by atoms with Crippen molar-refractivity contribution in [2.24, 2.45) is 0 Å². The molecule has 0 aliphatic carbocycles. The fourth-order valence-corrected chi connectivity index (χ4v) is 2.65. The van der Waals surface area contributed by atoms with Crippen LogP contribution < -0.4 is 15.8 Å². The molecule has 5 nitrogen and oxygen atoms in total. The lowest BCUT2D eigenvalue weighted by molar-refractivity contribution is 0.00714. The first-order chi connectivity index (χ1) is 9.10. The summed E-state index contributed by atoms with van der Waals surface area (Å²) in [6.07, 6.45) is 1.64. The SMILES string of the molecule is Nc1cccc2c1NC(O)(c1cccnc1Br)CO2. The number of nitrogens with one attached hydrogen (secondary N) is 1. The molecular weight excluding hydrogens is 310 g/mol. The number of ether oxygens (including phenoxy) is 1. The number of nitrogens with zero attached hydrogens (tertiary/aromatic N) is 1. The predicted octanol–water partition coefficient (Wildman–Crippen LogP) is 2.08. The average Bonchev–Trinajstić information content (AvgIpc) is 2.40. The standard InChI is InChI=1S/C13H12BrN3O2/c14-12-8(3-2-6-16-12)13(18)7-19-10-5-1-4-9(15)11(10)17-13/h1-6,17-18H,7,15H2. The van der Waals surface area contributed by atoms with Crippen LogP contribution in [0.5, 0.6) is 5.75 Å². The number of nitrogens with two attached hydrogens (primary N) is 1. The van der Waals surface area contributed by atoms with Gasteiger partial charge in [-0.15, -0.1) is 0 Å². The summed E-state index contributed by atoms with van der Waals surface area (Å²) in [6, 6.07) is 8.89. The third-order valence-electron chi connectivity index (χ3n) is 3.03. The molecule has 0 fully saturated rings. The molecule has 4 N–H and O–H groups in total. The van der Waals surface area contributed by atoms with Gasteiger partial charge in [0, 0.05) is 11.8 Å². The van der Waals surface area contributed by atoms with Crippen molar-refractivity contribution in [3.63, 3.8) is 0 Å². The number of para-hydroxylation sites is 1. The Labute approximate surface area is 118 Å². The van der Waals surface area contributed by atoms with Crippen molar-refractivity contribution >= 4 is 27.3 Å². The lowest BCUT2D eigenvalue weighted by Crippen LogP contribution is -2.44. The van der Waals surface area contributed by atoms with E-state index in [0.717, 1.165) is 0 Å². The van der Waals surface area contributed by atoms with Crippen LogP contribution in [-0.2, 0) is 5.72 Å². The Balaban J connectivity index is 2.05. The normalized spacial score (nSPS) is 21.2. The molecule has 1 aliphatic rings. The van der Waals surface area contributed by atoms with E-state index in [0.29, 0.717) is 27.3 Å². The highest BCUT2D eigenvalue weighted by Gasteiger charge is 2.37. The van der Waals surface area contributed by atoms with E-state index >= 15 is 0 Å². The molecule has 6 heteroatoms. The molecule has 98 valence electrons. The summed E-state index contributed by atoms with van der Waals surface area (Å²) in [5, 5.41) is 13.8. The number of hydrogen-bond donors (Lipinski definition) is 3. The summed E-state index contributed by atoms with van der Waals surface area (Å²) < 4.78 is 6.15. The van der Waals surface area contributed by atoms with Gasteiger partial charge in [-0.05, 0) is 40.2 Å². The fraction of sp³-hybridized carbons (Fsp3) is 0.154. The molecule has 0 amide bonds. The maximum absolute atomic E-state index is 10.7. The molecule has 0 bridgehead atoms. The Morgan fingerprint density at radius 3 is 3.00 bits per heavy atom. The molecule has 0 saturated carbocycles. The Hall–Kier alpha value is -1.79. The molecule has 2 heterocycles. The number of aromatic nitrogens is 1. The number of halogens is 1. The Kier molecular flexibility index (Phi) is 2.83. The van der Waals surface area contributed by atoms with Crippen LogP contribution in [0.25, 0.3) is 0 Å². The van der Waals surface area contributed by atoms with E-state index in [1.54, 1.807) is 36.5 Å². The zero-order chi connectivity index (χ0) is 13.5. The van der Waals surface area contributed by atoms with Crippen molar-refractivity contribution in [2.75, 3.05) is 17.7 Å². The van der Waals surface area contributed by atoms with E-state index in [4.69, 9.17) is 10.5 Å². The van der Waals surface area contributed by atoms with Crippen LogP contribution in [0.2, 0.25) is 0 Å². The van der Waals surface area contributed by atoms with E-state index in [2.05, 4.69) is 26.2 Å². The van der Waals surface area contributed by atoms with Crippen LogP contribution in [0.4, 0.5) is 11.4 Å². The summed E-state index contributed by atoms with van der Waals surface area (Å²) in [4.78, 5) is 4.11. The lowest BCUT2D eigenvalue weighted by Gasteiger charge is -2.36. The van der Waals surface area contributed by atoms with Gasteiger partial charge in [-0.3, -0.25) is 0 Å². The quantitative estimate of drug-likeness (QED) is 0.553. The second kappa shape index (κ2) is 4.40. The first-order valence-corrected chi connectivity index (χ1v) is 6.52. The number of rotatable bonds is 1. The minimum atomic E-state index is -1.37. The average molecular weight is 322 g/mol. The summed E-state index contributed by atoms with van der Waals surface area (Å²) in [5.74, 6) is 0.629. The first-order valence-electron chi connectivity index (χ1n) is 5.73. The van der Waals surface area contributed by atoms with E-state index < -0.39 is 5.72 Å². The number of aliphatic hydroxyl groups is 1. The topological polar surface area (TPSA) is 80.4 Å². The third kappa shape index (κ3) is 2.02. The van der Waals surface area contributed by atoms with E-state index in [-0.39, 0.29) is 6.61 Å². The summed E-state index contributed by atoms with van der Waals surface area (Å²) in [6.45, 7) is 0.0771. The number of nitrogen functional groups attached to an aromatic ring is 1. The van der Waals surface area contributed by atoms with Crippen LogP contribution in [0, 0.1) is 0 Å². The number of anilines is 2. The van der Waals surface area contributed by atoms with Gasteiger partial charge in [0.2, 0.25) is 0 Å². The highest BCUT2D eigenvalue weighted by molar-refractivity contribution is 9.10. The van der Waals surface area contributed by atoms with Crippen LogP contribution in [-0.4, -0.2) is 16.7 Å². The molecule has 3 rings (SSSR count). The smallest absolute Gasteiger partial charge is 0.199 e.